The van der Waals surface area contributed by atoms with Gasteiger partial charge in [0.05, 0.1) is 12.6 Å². The fourth-order valence-corrected chi connectivity index (χ4v) is 3.35. The third-order valence-corrected chi connectivity index (χ3v) is 4.48. The Balaban J connectivity index is 2.36. The zero-order valence-corrected chi connectivity index (χ0v) is 16.5. The molecule has 0 saturated carbocycles. The first-order chi connectivity index (χ1) is 10.9. The van der Waals surface area contributed by atoms with Crippen LogP contribution < -0.4 is 4.90 Å². The van der Waals surface area contributed by atoms with Crippen molar-refractivity contribution in [3.05, 3.63) is 56.6 Å². The van der Waals surface area contributed by atoms with Gasteiger partial charge in [0, 0.05) is 26.5 Å². The molecule has 3 nitrogen and oxygen atoms in total. The molecule has 0 fully saturated rings. The van der Waals surface area contributed by atoms with Gasteiger partial charge in [0.2, 0.25) is 0 Å². The van der Waals surface area contributed by atoms with Crippen molar-refractivity contribution in [3.63, 3.8) is 0 Å². The molecule has 124 valence electrons. The number of anilines is 2. The van der Waals surface area contributed by atoms with Crippen LogP contribution in [0.1, 0.15) is 5.56 Å². The van der Waals surface area contributed by atoms with Crippen LogP contribution in [0.5, 0.6) is 0 Å². The quantitative estimate of drug-likeness (QED) is 0.673. The number of hydrogen-bond acceptors (Lipinski definition) is 3. The molecule has 5 heteroatoms. The average molecular weight is 445 g/mol. The summed E-state index contributed by atoms with van der Waals surface area (Å²) in [4.78, 5) is 4.14. The monoisotopic (exact) mass is 444 g/mol. The minimum Gasteiger partial charge on any atom is -0.390 e. The van der Waals surface area contributed by atoms with Gasteiger partial charge in [-0.25, -0.2) is 0 Å². The first kappa shape index (κ1) is 18.5. The summed E-state index contributed by atoms with van der Waals surface area (Å²) in [6.45, 7) is 3.24. The summed E-state index contributed by atoms with van der Waals surface area (Å²) in [6.07, 6.45) is -0.445. The largest absolute Gasteiger partial charge is 0.390 e. The molecule has 0 radical (unpaired) electrons. The molecule has 0 aromatic heterocycles. The Bertz CT molecular complexity index is 646. The van der Waals surface area contributed by atoms with Gasteiger partial charge in [-0.05, 0) is 91.6 Å². The van der Waals surface area contributed by atoms with Crippen molar-refractivity contribution in [2.45, 2.75) is 13.0 Å². The van der Waals surface area contributed by atoms with Crippen molar-refractivity contribution in [1.82, 2.24) is 4.90 Å². The number of hydrogen-bond donors (Lipinski definition) is 1. The molecule has 23 heavy (non-hydrogen) atoms. The summed E-state index contributed by atoms with van der Waals surface area (Å²) in [5, 5.41) is 11.1. The molecule has 0 amide bonds. The number of aliphatic hydroxyl groups excluding tert-OH is 1. The van der Waals surface area contributed by atoms with E-state index in [-0.39, 0.29) is 0 Å². The minimum atomic E-state index is -0.445. The summed E-state index contributed by atoms with van der Waals surface area (Å²) >= 11 is 8.33. The smallest absolute Gasteiger partial charge is 0.0845 e. The Morgan fingerprint density at radius 3 is 2.30 bits per heavy atom. The molecule has 0 aliphatic carbocycles. The summed E-state index contributed by atoms with van der Waals surface area (Å²) in [5.41, 5.74) is 3.31. The fraction of sp³-hybridized carbons (Fsp3) is 0.333. The summed E-state index contributed by atoms with van der Waals surface area (Å²) in [5.74, 6) is 0. The number of aryl methyl sites for hydroxylation is 1. The number of benzene rings is 2. The minimum absolute atomic E-state index is 0.445. The predicted octanol–water partition coefficient (Wildman–Crippen LogP) is 4.31. The zero-order chi connectivity index (χ0) is 17.0. The Morgan fingerprint density at radius 1 is 1.09 bits per heavy atom. The molecule has 0 aliphatic heterocycles. The molecule has 2 rings (SSSR count). The van der Waals surface area contributed by atoms with E-state index in [0.717, 1.165) is 11.4 Å². The molecule has 0 heterocycles. The lowest BCUT2D eigenvalue weighted by Gasteiger charge is -2.30. The fourth-order valence-electron chi connectivity index (χ4n) is 2.58. The molecule has 0 spiro atoms. The van der Waals surface area contributed by atoms with Crippen molar-refractivity contribution in [1.29, 1.82) is 0 Å². The standard InChI is InChI=1S/C18H22ClIN2O/c1-13-10-15(20)6-9-18(13)22(12-17(23)11-21(2)3)16-7-4-14(19)5-8-16/h4-10,17,23H,11-12H2,1-3H3. The maximum absolute atomic E-state index is 10.4. The molecule has 1 atom stereocenters. The Kier molecular flexibility index (Phi) is 6.71. The van der Waals surface area contributed by atoms with Crippen LogP contribution in [-0.2, 0) is 0 Å². The zero-order valence-electron chi connectivity index (χ0n) is 13.6. The van der Waals surface area contributed by atoms with Gasteiger partial charge in [-0.15, -0.1) is 0 Å². The number of aliphatic hydroxyl groups is 1. The van der Waals surface area contributed by atoms with E-state index >= 15 is 0 Å². The van der Waals surface area contributed by atoms with E-state index in [1.165, 1.54) is 9.13 Å². The van der Waals surface area contributed by atoms with Crippen LogP contribution in [0, 0.1) is 10.5 Å². The lowest BCUT2D eigenvalue weighted by Crippen LogP contribution is -2.36. The average Bonchev–Trinajstić information content (AvgIpc) is 2.45. The van der Waals surface area contributed by atoms with Crippen molar-refractivity contribution in [2.75, 3.05) is 32.1 Å². The highest BCUT2D eigenvalue weighted by Crippen LogP contribution is 2.30. The third kappa shape index (κ3) is 5.35. The van der Waals surface area contributed by atoms with Crippen LogP contribution in [-0.4, -0.2) is 43.3 Å². The Labute approximate surface area is 157 Å². The van der Waals surface area contributed by atoms with Gasteiger partial charge in [0.1, 0.15) is 0 Å². The second-order valence-electron chi connectivity index (χ2n) is 5.93. The molecular formula is C18H22ClIN2O. The van der Waals surface area contributed by atoms with Crippen LogP contribution in [0.3, 0.4) is 0 Å². The summed E-state index contributed by atoms with van der Waals surface area (Å²) in [7, 11) is 3.93. The van der Waals surface area contributed by atoms with Crippen molar-refractivity contribution in [2.24, 2.45) is 0 Å². The number of rotatable bonds is 6. The van der Waals surface area contributed by atoms with Gasteiger partial charge in [0.25, 0.3) is 0 Å². The van der Waals surface area contributed by atoms with E-state index in [4.69, 9.17) is 11.6 Å². The first-order valence-electron chi connectivity index (χ1n) is 7.49. The van der Waals surface area contributed by atoms with E-state index in [0.29, 0.717) is 18.1 Å². The Hall–Kier alpha value is -0.820. The SMILES string of the molecule is Cc1cc(I)ccc1N(CC(O)CN(C)C)c1ccc(Cl)cc1. The number of halogens is 2. The summed E-state index contributed by atoms with van der Waals surface area (Å²) < 4.78 is 1.20. The molecule has 0 aliphatic rings. The number of likely N-dealkylation sites (N-methyl/N-ethyl adjacent to an activating group) is 1. The molecule has 2 aromatic carbocycles. The van der Waals surface area contributed by atoms with Gasteiger partial charge in [-0.2, -0.15) is 0 Å². The van der Waals surface area contributed by atoms with E-state index in [2.05, 4.69) is 52.6 Å². The number of nitrogens with zero attached hydrogens (tertiary/aromatic N) is 2. The van der Waals surface area contributed by atoms with Crippen molar-refractivity contribution < 1.29 is 5.11 Å². The maximum atomic E-state index is 10.4. The van der Waals surface area contributed by atoms with Crippen LogP contribution >= 0.6 is 34.2 Å². The predicted molar refractivity (Wildman–Crippen MR) is 107 cm³/mol. The highest BCUT2D eigenvalue weighted by Gasteiger charge is 2.17. The van der Waals surface area contributed by atoms with Gasteiger partial charge in [-0.1, -0.05) is 11.6 Å². The molecule has 1 N–H and O–H groups in total. The second kappa shape index (κ2) is 8.33. The normalized spacial score (nSPS) is 12.5. The highest BCUT2D eigenvalue weighted by atomic mass is 127. The van der Waals surface area contributed by atoms with Crippen LogP contribution in [0.4, 0.5) is 11.4 Å². The third-order valence-electron chi connectivity index (χ3n) is 3.56. The molecular weight excluding hydrogens is 423 g/mol. The second-order valence-corrected chi connectivity index (χ2v) is 7.62. The van der Waals surface area contributed by atoms with E-state index in [1.54, 1.807) is 0 Å². The van der Waals surface area contributed by atoms with Crippen LogP contribution in [0.25, 0.3) is 0 Å². The lowest BCUT2D eigenvalue weighted by atomic mass is 10.1. The topological polar surface area (TPSA) is 26.7 Å². The Morgan fingerprint density at radius 2 is 1.74 bits per heavy atom. The van der Waals surface area contributed by atoms with Crippen molar-refractivity contribution in [3.8, 4) is 0 Å². The lowest BCUT2D eigenvalue weighted by molar-refractivity contribution is 0.144. The first-order valence-corrected chi connectivity index (χ1v) is 8.94. The summed E-state index contributed by atoms with van der Waals surface area (Å²) in [6, 6.07) is 14.1. The van der Waals surface area contributed by atoms with Crippen molar-refractivity contribution >= 4 is 45.6 Å². The van der Waals surface area contributed by atoms with E-state index in [9.17, 15) is 5.11 Å². The van der Waals surface area contributed by atoms with Crippen LogP contribution in [0.2, 0.25) is 5.02 Å². The van der Waals surface area contributed by atoms with Gasteiger partial charge in [-0.3, -0.25) is 0 Å². The van der Waals surface area contributed by atoms with E-state index in [1.807, 2.05) is 43.3 Å². The molecule has 2 aromatic rings. The van der Waals surface area contributed by atoms with Gasteiger partial charge in [0.15, 0.2) is 0 Å². The highest BCUT2D eigenvalue weighted by molar-refractivity contribution is 14.1. The molecule has 0 bridgehead atoms. The molecule has 0 saturated heterocycles. The van der Waals surface area contributed by atoms with Gasteiger partial charge >= 0.3 is 0 Å². The van der Waals surface area contributed by atoms with Gasteiger partial charge < -0.3 is 14.9 Å². The van der Waals surface area contributed by atoms with Crippen LogP contribution in [0.15, 0.2) is 42.5 Å². The molecule has 1 unspecified atom stereocenters. The van der Waals surface area contributed by atoms with E-state index < -0.39 is 6.10 Å². The maximum Gasteiger partial charge on any atom is 0.0845 e.